The van der Waals surface area contributed by atoms with Gasteiger partial charge in [0.25, 0.3) is 5.96 Å². The lowest BCUT2D eigenvalue weighted by atomic mass is 10.3. The van der Waals surface area contributed by atoms with Crippen LogP contribution in [-0.2, 0) is 6.54 Å². The summed E-state index contributed by atoms with van der Waals surface area (Å²) in [6.45, 7) is 1.72. The Bertz CT molecular complexity index is 451. The summed E-state index contributed by atoms with van der Waals surface area (Å²) >= 11 is 5.68. The highest BCUT2D eigenvalue weighted by Crippen LogP contribution is 2.10. The zero-order chi connectivity index (χ0) is 12.3. The van der Waals surface area contributed by atoms with Gasteiger partial charge in [-0.3, -0.25) is 0 Å². The van der Waals surface area contributed by atoms with E-state index in [0.29, 0.717) is 24.8 Å². The SMILES string of the molecule is Cl.O=[N+]([O-])NC1=NCCN1Cc1ccc(Cl)nc1. The minimum Gasteiger partial charge on any atom is -0.332 e. The quantitative estimate of drug-likeness (QED) is 0.512. The van der Waals surface area contributed by atoms with Crippen LogP contribution in [0.1, 0.15) is 5.56 Å². The highest BCUT2D eigenvalue weighted by atomic mass is 35.5. The first-order valence-electron chi connectivity index (χ1n) is 4.96. The van der Waals surface area contributed by atoms with Crippen molar-refractivity contribution in [2.24, 2.45) is 4.99 Å². The predicted octanol–water partition coefficient (Wildman–Crippen LogP) is 1.11. The van der Waals surface area contributed by atoms with Crippen LogP contribution in [0.2, 0.25) is 5.15 Å². The van der Waals surface area contributed by atoms with E-state index in [1.165, 1.54) is 0 Å². The number of hydrogen-bond donors (Lipinski definition) is 1. The van der Waals surface area contributed by atoms with E-state index in [9.17, 15) is 10.1 Å². The van der Waals surface area contributed by atoms with E-state index >= 15 is 0 Å². The molecular formula is C9H11Cl2N5O2. The van der Waals surface area contributed by atoms with Crippen LogP contribution in [0, 0.1) is 10.1 Å². The maximum atomic E-state index is 10.4. The molecule has 0 bridgehead atoms. The molecule has 0 spiro atoms. The van der Waals surface area contributed by atoms with Crippen LogP contribution in [0.25, 0.3) is 0 Å². The summed E-state index contributed by atoms with van der Waals surface area (Å²) < 4.78 is 0. The summed E-state index contributed by atoms with van der Waals surface area (Å²) in [7, 11) is 0. The van der Waals surface area contributed by atoms with E-state index in [1.54, 1.807) is 17.2 Å². The van der Waals surface area contributed by atoms with E-state index in [-0.39, 0.29) is 18.4 Å². The number of aromatic nitrogens is 1. The van der Waals surface area contributed by atoms with E-state index in [4.69, 9.17) is 11.6 Å². The number of pyridine rings is 1. The van der Waals surface area contributed by atoms with Gasteiger partial charge in [-0.15, -0.1) is 12.4 Å². The van der Waals surface area contributed by atoms with E-state index in [0.717, 1.165) is 5.56 Å². The second-order valence-electron chi connectivity index (χ2n) is 3.48. The highest BCUT2D eigenvalue weighted by Gasteiger charge is 2.20. The second kappa shape index (κ2) is 6.36. The highest BCUT2D eigenvalue weighted by molar-refractivity contribution is 6.29. The molecule has 0 fully saturated rings. The Morgan fingerprint density at radius 3 is 2.94 bits per heavy atom. The Labute approximate surface area is 114 Å². The Morgan fingerprint density at radius 1 is 1.56 bits per heavy atom. The van der Waals surface area contributed by atoms with Crippen molar-refractivity contribution in [1.82, 2.24) is 15.3 Å². The first kappa shape index (κ1) is 14.5. The zero-order valence-corrected chi connectivity index (χ0v) is 10.8. The van der Waals surface area contributed by atoms with Crippen LogP contribution in [0.4, 0.5) is 0 Å². The van der Waals surface area contributed by atoms with Gasteiger partial charge in [-0.2, -0.15) is 0 Å². The van der Waals surface area contributed by atoms with Crippen molar-refractivity contribution in [2.75, 3.05) is 13.1 Å². The van der Waals surface area contributed by atoms with Gasteiger partial charge in [-0.25, -0.2) is 20.1 Å². The molecule has 2 heterocycles. The molecule has 0 saturated carbocycles. The Kier molecular flexibility index (Phi) is 5.11. The van der Waals surface area contributed by atoms with E-state index < -0.39 is 5.03 Å². The molecule has 98 valence electrons. The second-order valence-corrected chi connectivity index (χ2v) is 3.87. The monoisotopic (exact) mass is 291 g/mol. The molecule has 1 N–H and O–H groups in total. The lowest BCUT2D eigenvalue weighted by Crippen LogP contribution is -2.40. The molecule has 0 amide bonds. The molecule has 0 aromatic carbocycles. The van der Waals surface area contributed by atoms with Gasteiger partial charge >= 0.3 is 0 Å². The van der Waals surface area contributed by atoms with Crippen molar-refractivity contribution in [3.63, 3.8) is 0 Å². The average Bonchev–Trinajstić information content (AvgIpc) is 2.68. The zero-order valence-electron chi connectivity index (χ0n) is 9.24. The van der Waals surface area contributed by atoms with Crippen LogP contribution in [-0.4, -0.2) is 34.0 Å². The maximum Gasteiger partial charge on any atom is 0.257 e. The molecule has 0 radical (unpaired) electrons. The summed E-state index contributed by atoms with van der Waals surface area (Å²) in [5.41, 5.74) is 3.00. The molecule has 0 saturated heterocycles. The molecule has 0 aliphatic carbocycles. The molecule has 2 rings (SSSR count). The molecule has 0 unspecified atom stereocenters. The van der Waals surface area contributed by atoms with Crippen molar-refractivity contribution in [3.8, 4) is 0 Å². The van der Waals surface area contributed by atoms with Crippen molar-refractivity contribution >= 4 is 30.0 Å². The van der Waals surface area contributed by atoms with Gasteiger partial charge in [0.05, 0.1) is 6.54 Å². The standard InChI is InChI=1S/C9H10ClN5O2.ClH/c10-8-2-1-7(5-12-8)6-14-4-3-11-9(14)13-15(16)17;/h1-2,5H,3-4,6H2,(H,11,13);1H. The van der Waals surface area contributed by atoms with Crippen LogP contribution in [0.15, 0.2) is 23.3 Å². The number of hydrogen-bond acceptors (Lipinski definition) is 5. The summed E-state index contributed by atoms with van der Waals surface area (Å²) in [4.78, 5) is 20.1. The average molecular weight is 292 g/mol. The molecule has 0 atom stereocenters. The van der Waals surface area contributed by atoms with Gasteiger partial charge in [0.1, 0.15) is 5.15 Å². The fourth-order valence-corrected chi connectivity index (χ4v) is 1.66. The van der Waals surface area contributed by atoms with Crippen molar-refractivity contribution in [1.29, 1.82) is 0 Å². The molecule has 18 heavy (non-hydrogen) atoms. The number of hydrazine groups is 1. The number of rotatable bonds is 3. The summed E-state index contributed by atoms with van der Waals surface area (Å²) in [5.74, 6) is 0.282. The van der Waals surface area contributed by atoms with Gasteiger partial charge in [0, 0.05) is 19.3 Å². The number of nitrogens with zero attached hydrogens (tertiary/aromatic N) is 4. The molecule has 1 aromatic heterocycles. The third-order valence-corrected chi connectivity index (χ3v) is 2.51. The third-order valence-electron chi connectivity index (χ3n) is 2.28. The largest absolute Gasteiger partial charge is 0.332 e. The molecule has 1 aromatic rings. The lowest BCUT2D eigenvalue weighted by Gasteiger charge is -2.17. The fourth-order valence-electron chi connectivity index (χ4n) is 1.54. The van der Waals surface area contributed by atoms with Crippen LogP contribution in [0.5, 0.6) is 0 Å². The summed E-state index contributed by atoms with van der Waals surface area (Å²) in [6, 6.07) is 3.52. The Morgan fingerprint density at radius 2 is 2.33 bits per heavy atom. The van der Waals surface area contributed by atoms with Crippen LogP contribution >= 0.6 is 24.0 Å². The summed E-state index contributed by atoms with van der Waals surface area (Å²) in [5, 5.41) is 10.2. The maximum absolute atomic E-state index is 10.4. The van der Waals surface area contributed by atoms with Crippen LogP contribution in [0.3, 0.4) is 0 Å². The predicted molar refractivity (Wildman–Crippen MR) is 69.3 cm³/mol. The first-order valence-corrected chi connectivity index (χ1v) is 5.34. The number of nitro groups is 1. The van der Waals surface area contributed by atoms with Gasteiger partial charge < -0.3 is 4.90 Å². The van der Waals surface area contributed by atoms with Crippen LogP contribution < -0.4 is 5.43 Å². The summed E-state index contributed by atoms with van der Waals surface area (Å²) in [6.07, 6.45) is 1.64. The van der Waals surface area contributed by atoms with Gasteiger partial charge in [0.15, 0.2) is 5.03 Å². The van der Waals surface area contributed by atoms with E-state index in [2.05, 4.69) is 15.4 Å². The third kappa shape index (κ3) is 3.71. The van der Waals surface area contributed by atoms with E-state index in [1.807, 2.05) is 6.07 Å². The van der Waals surface area contributed by atoms with Gasteiger partial charge in [-0.1, -0.05) is 23.1 Å². The van der Waals surface area contributed by atoms with Crippen molar-refractivity contribution < 1.29 is 5.03 Å². The molecule has 7 nitrogen and oxygen atoms in total. The molecule has 9 heteroatoms. The van der Waals surface area contributed by atoms with Crippen molar-refractivity contribution in [2.45, 2.75) is 6.54 Å². The molecule has 1 aliphatic heterocycles. The number of guanidine groups is 1. The first-order chi connectivity index (χ1) is 8.15. The van der Waals surface area contributed by atoms with Crippen molar-refractivity contribution in [3.05, 3.63) is 39.2 Å². The number of halogens is 2. The normalized spacial score (nSPS) is 13.8. The Balaban J connectivity index is 0.00000162. The van der Waals surface area contributed by atoms with Gasteiger partial charge in [0.2, 0.25) is 0 Å². The molecular weight excluding hydrogens is 281 g/mol. The smallest absolute Gasteiger partial charge is 0.257 e. The number of nitrogens with one attached hydrogen (secondary N) is 1. The topological polar surface area (TPSA) is 83.7 Å². The molecule has 1 aliphatic rings. The number of aliphatic imine (C=N–C) groups is 1. The van der Waals surface area contributed by atoms with Gasteiger partial charge in [-0.05, 0) is 11.6 Å². The fraction of sp³-hybridized carbons (Fsp3) is 0.333. The lowest BCUT2D eigenvalue weighted by molar-refractivity contribution is -0.526. The Hall–Kier alpha value is -1.60. The minimum absolute atomic E-state index is 0. The minimum atomic E-state index is -0.614.